The number of halogens is 3. The summed E-state index contributed by atoms with van der Waals surface area (Å²) in [5.41, 5.74) is -0.201. The van der Waals surface area contributed by atoms with Gasteiger partial charge < -0.3 is 5.32 Å². The summed E-state index contributed by atoms with van der Waals surface area (Å²) < 4.78 is 38.9. The van der Waals surface area contributed by atoms with E-state index >= 15 is 0 Å². The molecule has 0 aliphatic heterocycles. The van der Waals surface area contributed by atoms with Crippen LogP contribution in [0.4, 0.5) is 13.2 Å². The standard InChI is InChI=1S/C17H20F3N/c1-11(15-9-12-6-7-13(15)8-12)21-10-14-4-2-3-5-16(14)17(18,19)20/h2-7,11-13,15,21H,8-10H2,1H3. The topological polar surface area (TPSA) is 12.0 Å². The second-order valence-electron chi connectivity index (χ2n) is 6.27. The Kier molecular flexibility index (Phi) is 3.82. The van der Waals surface area contributed by atoms with Gasteiger partial charge in [-0.05, 0) is 49.1 Å². The third kappa shape index (κ3) is 3.00. The van der Waals surface area contributed by atoms with Gasteiger partial charge in [-0.2, -0.15) is 13.2 Å². The van der Waals surface area contributed by atoms with Crippen LogP contribution in [0.25, 0.3) is 0 Å². The molecule has 4 atom stereocenters. The summed E-state index contributed by atoms with van der Waals surface area (Å²) in [6.45, 7) is 2.36. The average molecular weight is 295 g/mol. The highest BCUT2D eigenvalue weighted by Gasteiger charge is 2.38. The van der Waals surface area contributed by atoms with Gasteiger partial charge in [0, 0.05) is 12.6 Å². The molecule has 1 nitrogen and oxygen atoms in total. The van der Waals surface area contributed by atoms with Crippen molar-refractivity contribution in [1.82, 2.24) is 5.32 Å². The Morgan fingerprint density at radius 2 is 1.95 bits per heavy atom. The lowest BCUT2D eigenvalue weighted by molar-refractivity contribution is -0.138. The van der Waals surface area contributed by atoms with E-state index in [1.165, 1.54) is 12.5 Å². The summed E-state index contributed by atoms with van der Waals surface area (Å²) in [7, 11) is 0. The minimum absolute atomic E-state index is 0.242. The number of hydrogen-bond donors (Lipinski definition) is 1. The SMILES string of the molecule is CC(NCc1ccccc1C(F)(F)F)C1CC2C=CC1C2. The van der Waals surface area contributed by atoms with Crippen LogP contribution in [-0.4, -0.2) is 6.04 Å². The van der Waals surface area contributed by atoms with Crippen molar-refractivity contribution in [2.75, 3.05) is 0 Å². The van der Waals surface area contributed by atoms with E-state index in [0.717, 1.165) is 12.5 Å². The van der Waals surface area contributed by atoms with E-state index in [2.05, 4.69) is 24.4 Å². The minimum Gasteiger partial charge on any atom is -0.310 e. The van der Waals surface area contributed by atoms with Crippen LogP contribution >= 0.6 is 0 Å². The monoisotopic (exact) mass is 295 g/mol. The largest absolute Gasteiger partial charge is 0.416 e. The van der Waals surface area contributed by atoms with Gasteiger partial charge in [0.25, 0.3) is 0 Å². The number of nitrogens with one attached hydrogen (secondary N) is 1. The maximum atomic E-state index is 13.0. The van der Waals surface area contributed by atoms with E-state index in [1.54, 1.807) is 12.1 Å². The first-order chi connectivity index (χ1) is 9.95. The summed E-state index contributed by atoms with van der Waals surface area (Å²) >= 11 is 0. The van der Waals surface area contributed by atoms with Gasteiger partial charge in [-0.3, -0.25) is 0 Å². The molecule has 2 aliphatic rings. The van der Waals surface area contributed by atoms with Crippen LogP contribution in [-0.2, 0) is 12.7 Å². The zero-order chi connectivity index (χ0) is 15.0. The Hall–Kier alpha value is -1.29. The van der Waals surface area contributed by atoms with Gasteiger partial charge in [0.1, 0.15) is 0 Å². The Morgan fingerprint density at radius 1 is 1.19 bits per heavy atom. The molecule has 2 aliphatic carbocycles. The number of alkyl halides is 3. The zero-order valence-corrected chi connectivity index (χ0v) is 12.0. The molecule has 1 fully saturated rings. The molecule has 0 aromatic heterocycles. The molecule has 4 unspecified atom stereocenters. The fourth-order valence-corrected chi connectivity index (χ4v) is 3.77. The van der Waals surface area contributed by atoms with Gasteiger partial charge in [-0.1, -0.05) is 30.4 Å². The van der Waals surface area contributed by atoms with Crippen LogP contribution in [0.15, 0.2) is 36.4 Å². The third-order valence-corrected chi connectivity index (χ3v) is 4.91. The van der Waals surface area contributed by atoms with Crippen molar-refractivity contribution < 1.29 is 13.2 Å². The average Bonchev–Trinajstić information content (AvgIpc) is 3.06. The van der Waals surface area contributed by atoms with Crippen molar-refractivity contribution >= 4 is 0 Å². The van der Waals surface area contributed by atoms with E-state index in [9.17, 15) is 13.2 Å². The van der Waals surface area contributed by atoms with Crippen molar-refractivity contribution in [1.29, 1.82) is 0 Å². The summed E-state index contributed by atoms with van der Waals surface area (Å²) in [6, 6.07) is 6.06. The van der Waals surface area contributed by atoms with Gasteiger partial charge in [0.2, 0.25) is 0 Å². The zero-order valence-electron chi connectivity index (χ0n) is 12.0. The molecule has 3 rings (SSSR count). The second kappa shape index (κ2) is 5.48. The molecular formula is C17H20F3N. The van der Waals surface area contributed by atoms with Crippen molar-refractivity contribution in [3.05, 3.63) is 47.5 Å². The van der Waals surface area contributed by atoms with Gasteiger partial charge in [-0.25, -0.2) is 0 Å². The summed E-state index contributed by atoms with van der Waals surface area (Å²) in [4.78, 5) is 0. The molecule has 2 bridgehead atoms. The molecule has 0 heterocycles. The smallest absolute Gasteiger partial charge is 0.310 e. The van der Waals surface area contributed by atoms with E-state index < -0.39 is 11.7 Å². The normalized spacial score (nSPS) is 29.0. The van der Waals surface area contributed by atoms with Crippen molar-refractivity contribution in [3.63, 3.8) is 0 Å². The van der Waals surface area contributed by atoms with E-state index in [1.807, 2.05) is 0 Å². The molecular weight excluding hydrogens is 275 g/mol. The van der Waals surface area contributed by atoms with Crippen LogP contribution in [0, 0.1) is 17.8 Å². The number of rotatable bonds is 4. The van der Waals surface area contributed by atoms with Crippen molar-refractivity contribution in [2.24, 2.45) is 17.8 Å². The third-order valence-electron chi connectivity index (χ3n) is 4.91. The van der Waals surface area contributed by atoms with Gasteiger partial charge in [0.05, 0.1) is 5.56 Å². The maximum absolute atomic E-state index is 13.0. The molecule has 114 valence electrons. The molecule has 21 heavy (non-hydrogen) atoms. The second-order valence-corrected chi connectivity index (χ2v) is 6.27. The van der Waals surface area contributed by atoms with Crippen molar-refractivity contribution in [2.45, 2.75) is 38.5 Å². The minimum atomic E-state index is -4.28. The lowest BCUT2D eigenvalue weighted by Gasteiger charge is -2.27. The lowest BCUT2D eigenvalue weighted by atomic mass is 9.87. The molecule has 0 saturated heterocycles. The first kappa shape index (κ1) is 14.6. The van der Waals surface area contributed by atoms with Crippen LogP contribution in [0.5, 0.6) is 0 Å². The molecule has 1 saturated carbocycles. The lowest BCUT2D eigenvalue weighted by Crippen LogP contribution is -2.35. The first-order valence-corrected chi connectivity index (χ1v) is 7.52. The van der Waals surface area contributed by atoms with Crippen LogP contribution in [0.2, 0.25) is 0 Å². The van der Waals surface area contributed by atoms with Crippen molar-refractivity contribution in [3.8, 4) is 0 Å². The highest BCUT2D eigenvalue weighted by atomic mass is 19.4. The Morgan fingerprint density at radius 3 is 2.57 bits per heavy atom. The Labute approximate surface area is 123 Å². The van der Waals surface area contributed by atoms with E-state index in [0.29, 0.717) is 23.3 Å². The van der Waals surface area contributed by atoms with Crippen LogP contribution in [0.3, 0.4) is 0 Å². The predicted molar refractivity (Wildman–Crippen MR) is 76.6 cm³/mol. The maximum Gasteiger partial charge on any atom is 0.416 e. The predicted octanol–water partition coefficient (Wildman–Crippen LogP) is 4.40. The van der Waals surface area contributed by atoms with Gasteiger partial charge >= 0.3 is 6.18 Å². The highest BCUT2D eigenvalue weighted by molar-refractivity contribution is 5.29. The molecule has 1 N–H and O–H groups in total. The fourth-order valence-electron chi connectivity index (χ4n) is 3.77. The highest BCUT2D eigenvalue weighted by Crippen LogP contribution is 2.44. The van der Waals surface area contributed by atoms with Crippen LogP contribution in [0.1, 0.15) is 30.9 Å². The Balaban J connectivity index is 1.64. The number of benzene rings is 1. The van der Waals surface area contributed by atoms with E-state index in [4.69, 9.17) is 0 Å². The molecule has 0 radical (unpaired) electrons. The number of hydrogen-bond acceptors (Lipinski definition) is 1. The van der Waals surface area contributed by atoms with E-state index in [-0.39, 0.29) is 12.6 Å². The molecule has 1 aromatic rings. The van der Waals surface area contributed by atoms with Crippen LogP contribution < -0.4 is 5.32 Å². The molecule has 4 heteroatoms. The Bertz CT molecular complexity index is 535. The van der Waals surface area contributed by atoms with Gasteiger partial charge in [-0.15, -0.1) is 0 Å². The van der Waals surface area contributed by atoms with Gasteiger partial charge in [0.15, 0.2) is 0 Å². The fraction of sp³-hybridized carbons (Fsp3) is 0.529. The molecule has 1 aromatic carbocycles. The number of fused-ring (bicyclic) bond motifs is 2. The summed E-state index contributed by atoms with van der Waals surface area (Å²) in [6.07, 6.45) is 2.66. The molecule has 0 spiro atoms. The molecule has 0 amide bonds. The summed E-state index contributed by atoms with van der Waals surface area (Å²) in [5, 5.41) is 3.30. The quantitative estimate of drug-likeness (QED) is 0.812. The number of allylic oxidation sites excluding steroid dienone is 2. The first-order valence-electron chi connectivity index (χ1n) is 7.52. The summed E-state index contributed by atoms with van der Waals surface area (Å²) in [5.74, 6) is 1.85.